The van der Waals surface area contributed by atoms with Crippen LogP contribution in [0.2, 0.25) is 5.02 Å². The van der Waals surface area contributed by atoms with Crippen molar-refractivity contribution >= 4 is 29.2 Å². The molecule has 0 aromatic heterocycles. The molecule has 2 aromatic carbocycles. The Labute approximate surface area is 168 Å². The number of halogens is 1. The first-order valence-electron chi connectivity index (χ1n) is 8.97. The summed E-state index contributed by atoms with van der Waals surface area (Å²) in [6.07, 6.45) is 0. The van der Waals surface area contributed by atoms with Gasteiger partial charge in [-0.2, -0.15) is 5.06 Å². The molecule has 2 aliphatic rings. The molecule has 6 nitrogen and oxygen atoms in total. The summed E-state index contributed by atoms with van der Waals surface area (Å²) in [7, 11) is 3.08. The van der Waals surface area contributed by atoms with E-state index in [1.54, 1.807) is 29.1 Å². The lowest BCUT2D eigenvalue weighted by molar-refractivity contribution is -0.167. The van der Waals surface area contributed by atoms with Gasteiger partial charge in [0.2, 0.25) is 5.91 Å². The van der Waals surface area contributed by atoms with Crippen molar-refractivity contribution in [3.8, 4) is 0 Å². The normalized spacial score (nSPS) is 27.1. The number of esters is 1. The average molecular weight is 401 g/mol. The van der Waals surface area contributed by atoms with E-state index >= 15 is 0 Å². The molecule has 0 N–H and O–H groups in total. The quantitative estimate of drug-likeness (QED) is 0.725. The molecule has 0 spiro atoms. The standard InChI is InChI=1S/C21H21ClN2O4/c1-20(19(26)27-3)13-28-24-12-18(25)23(2)17-10-9-15(22)11-16(17)21(20,24)14-7-5-4-6-8-14/h4-11H,12-13H2,1-3H3/t20-,21+/m0/s1. The first-order valence-corrected chi connectivity index (χ1v) is 9.35. The summed E-state index contributed by atoms with van der Waals surface area (Å²) in [6, 6.07) is 14.9. The van der Waals surface area contributed by atoms with Crippen LogP contribution in [0.15, 0.2) is 48.5 Å². The Bertz CT molecular complexity index is 951. The minimum Gasteiger partial charge on any atom is -0.468 e. The highest BCUT2D eigenvalue weighted by molar-refractivity contribution is 6.30. The zero-order chi connectivity index (χ0) is 20.1. The highest BCUT2D eigenvalue weighted by Gasteiger charge is 2.67. The molecular formula is C21H21ClN2O4. The third-order valence-electron chi connectivity index (χ3n) is 5.87. The van der Waals surface area contributed by atoms with Gasteiger partial charge in [-0.25, -0.2) is 0 Å². The van der Waals surface area contributed by atoms with Crippen LogP contribution in [0, 0.1) is 5.41 Å². The smallest absolute Gasteiger partial charge is 0.316 e. The molecule has 2 heterocycles. The van der Waals surface area contributed by atoms with E-state index in [0.717, 1.165) is 11.1 Å². The fourth-order valence-corrected chi connectivity index (χ4v) is 4.63. The Morgan fingerprint density at radius 3 is 2.61 bits per heavy atom. The van der Waals surface area contributed by atoms with Crippen LogP contribution in [0.5, 0.6) is 0 Å². The minimum atomic E-state index is -1.10. The predicted molar refractivity (Wildman–Crippen MR) is 105 cm³/mol. The van der Waals surface area contributed by atoms with Crippen LogP contribution in [-0.2, 0) is 24.7 Å². The zero-order valence-electron chi connectivity index (χ0n) is 15.9. The van der Waals surface area contributed by atoms with E-state index in [1.807, 2.05) is 43.3 Å². The molecule has 146 valence electrons. The first-order chi connectivity index (χ1) is 13.4. The molecule has 0 saturated carbocycles. The number of amides is 1. The Kier molecular flexibility index (Phi) is 4.45. The molecule has 0 aliphatic carbocycles. The number of hydrogen-bond acceptors (Lipinski definition) is 5. The Balaban J connectivity index is 2.15. The highest BCUT2D eigenvalue weighted by Crippen LogP contribution is 2.58. The number of ether oxygens (including phenoxy) is 1. The summed E-state index contributed by atoms with van der Waals surface area (Å²) in [5.74, 6) is -0.558. The minimum absolute atomic E-state index is 0.00965. The van der Waals surface area contributed by atoms with Crippen molar-refractivity contribution in [3.63, 3.8) is 0 Å². The van der Waals surface area contributed by atoms with Gasteiger partial charge < -0.3 is 9.64 Å². The molecule has 2 aromatic rings. The van der Waals surface area contributed by atoms with Crippen LogP contribution in [0.25, 0.3) is 0 Å². The fourth-order valence-electron chi connectivity index (χ4n) is 4.46. The monoisotopic (exact) mass is 400 g/mol. The van der Waals surface area contributed by atoms with Gasteiger partial charge >= 0.3 is 5.97 Å². The van der Waals surface area contributed by atoms with Crippen molar-refractivity contribution in [1.29, 1.82) is 0 Å². The lowest BCUT2D eigenvalue weighted by Gasteiger charge is -2.44. The van der Waals surface area contributed by atoms with Crippen LogP contribution in [-0.4, -0.2) is 44.2 Å². The largest absolute Gasteiger partial charge is 0.468 e. The second kappa shape index (κ2) is 6.58. The summed E-state index contributed by atoms with van der Waals surface area (Å²) in [6.45, 7) is 1.88. The Hall–Kier alpha value is -2.41. The van der Waals surface area contributed by atoms with Crippen molar-refractivity contribution in [2.45, 2.75) is 12.5 Å². The average Bonchev–Trinajstić information content (AvgIpc) is 2.96. The first kappa shape index (κ1) is 18.9. The van der Waals surface area contributed by atoms with E-state index in [1.165, 1.54) is 7.11 Å². The van der Waals surface area contributed by atoms with Crippen molar-refractivity contribution in [2.75, 3.05) is 32.2 Å². The fraction of sp³-hybridized carbons (Fsp3) is 0.333. The third kappa shape index (κ3) is 2.35. The van der Waals surface area contributed by atoms with Crippen LogP contribution >= 0.6 is 11.6 Å². The summed E-state index contributed by atoms with van der Waals surface area (Å²) in [4.78, 5) is 33.5. The molecule has 0 bridgehead atoms. The van der Waals surface area contributed by atoms with E-state index in [4.69, 9.17) is 21.2 Å². The molecule has 2 aliphatic heterocycles. The van der Waals surface area contributed by atoms with Crippen molar-refractivity contribution in [3.05, 3.63) is 64.7 Å². The molecule has 7 heteroatoms. The number of anilines is 1. The maximum atomic E-state index is 13.1. The Morgan fingerprint density at radius 1 is 1.21 bits per heavy atom. The number of methoxy groups -OCH3 is 1. The number of benzene rings is 2. The molecule has 1 fully saturated rings. The second-order valence-corrected chi connectivity index (χ2v) is 7.76. The number of likely N-dealkylation sites (N-methyl/N-ethyl adjacent to an activating group) is 1. The van der Waals surface area contributed by atoms with Crippen LogP contribution in [0.4, 0.5) is 5.69 Å². The second-order valence-electron chi connectivity index (χ2n) is 7.32. The number of nitrogens with zero attached hydrogens (tertiary/aromatic N) is 2. The number of hydroxylamine groups is 2. The molecule has 0 unspecified atom stereocenters. The Morgan fingerprint density at radius 2 is 1.93 bits per heavy atom. The van der Waals surface area contributed by atoms with Gasteiger partial charge in [0.05, 0.1) is 13.7 Å². The number of hydrogen-bond donors (Lipinski definition) is 0. The summed E-state index contributed by atoms with van der Waals surface area (Å²) in [5, 5.41) is 2.12. The predicted octanol–water partition coefficient (Wildman–Crippen LogP) is 2.99. The van der Waals surface area contributed by atoms with Crippen molar-refractivity contribution < 1.29 is 19.2 Å². The summed E-state index contributed by atoms with van der Waals surface area (Å²) < 4.78 is 5.20. The van der Waals surface area contributed by atoms with Gasteiger partial charge in [0.1, 0.15) is 17.5 Å². The van der Waals surface area contributed by atoms with Gasteiger partial charge in [-0.15, -0.1) is 0 Å². The number of carbonyl (C=O) groups excluding carboxylic acids is 2. The topological polar surface area (TPSA) is 59.1 Å². The third-order valence-corrected chi connectivity index (χ3v) is 6.11. The number of fused-ring (bicyclic) bond motifs is 3. The molecule has 1 saturated heterocycles. The SMILES string of the molecule is COC(=O)[C@]1(C)CON2CC(=O)N(C)c3ccc(Cl)cc3[C@@]21c1ccccc1. The maximum Gasteiger partial charge on any atom is 0.316 e. The summed E-state index contributed by atoms with van der Waals surface area (Å²) >= 11 is 6.38. The molecule has 1 amide bonds. The molecule has 4 rings (SSSR count). The van der Waals surface area contributed by atoms with Crippen LogP contribution in [0.1, 0.15) is 18.1 Å². The lowest BCUT2D eigenvalue weighted by Crippen LogP contribution is -2.55. The molecule has 0 radical (unpaired) electrons. The molecular weight excluding hydrogens is 380 g/mol. The van der Waals surface area contributed by atoms with Gasteiger partial charge in [-0.3, -0.25) is 14.4 Å². The van der Waals surface area contributed by atoms with Gasteiger partial charge in [0.15, 0.2) is 0 Å². The van der Waals surface area contributed by atoms with Crippen LogP contribution in [0.3, 0.4) is 0 Å². The number of carbonyl (C=O) groups is 2. The van der Waals surface area contributed by atoms with Crippen molar-refractivity contribution in [1.82, 2.24) is 5.06 Å². The summed E-state index contributed by atoms with van der Waals surface area (Å²) in [5.41, 5.74) is 0.0501. The maximum absolute atomic E-state index is 13.1. The molecule has 2 atom stereocenters. The van der Waals surface area contributed by atoms with Gasteiger partial charge in [-0.1, -0.05) is 41.9 Å². The van der Waals surface area contributed by atoms with E-state index in [0.29, 0.717) is 10.7 Å². The van der Waals surface area contributed by atoms with E-state index < -0.39 is 16.9 Å². The van der Waals surface area contributed by atoms with Gasteiger partial charge in [0, 0.05) is 23.3 Å². The molecule has 28 heavy (non-hydrogen) atoms. The van der Waals surface area contributed by atoms with E-state index in [2.05, 4.69) is 0 Å². The van der Waals surface area contributed by atoms with Crippen molar-refractivity contribution in [2.24, 2.45) is 5.41 Å². The zero-order valence-corrected chi connectivity index (χ0v) is 16.7. The van der Waals surface area contributed by atoms with E-state index in [-0.39, 0.29) is 19.1 Å². The highest BCUT2D eigenvalue weighted by atomic mass is 35.5. The van der Waals surface area contributed by atoms with Gasteiger partial charge in [-0.05, 0) is 30.7 Å². The lowest BCUT2D eigenvalue weighted by atomic mass is 9.63. The van der Waals surface area contributed by atoms with E-state index in [9.17, 15) is 9.59 Å². The number of rotatable bonds is 2. The van der Waals surface area contributed by atoms with Gasteiger partial charge in [0.25, 0.3) is 0 Å². The van der Waals surface area contributed by atoms with Crippen LogP contribution < -0.4 is 4.90 Å².